The van der Waals surface area contributed by atoms with Gasteiger partial charge in [0.2, 0.25) is 6.79 Å². The molecule has 5 heterocycles. The van der Waals surface area contributed by atoms with Gasteiger partial charge in [-0.1, -0.05) is 26.8 Å². The number of rotatable bonds is 11. The number of carbonyl (C=O) groups excluding carboxylic acids is 3. The Morgan fingerprint density at radius 1 is 0.971 bits per heavy atom. The van der Waals surface area contributed by atoms with Crippen molar-refractivity contribution in [2.24, 2.45) is 17.8 Å². The molecule has 5 aliphatic heterocycles. The monoisotopic (exact) mass is 966 g/mol. The van der Waals surface area contributed by atoms with Crippen LogP contribution >= 0.6 is 0 Å². The van der Waals surface area contributed by atoms with Gasteiger partial charge in [-0.15, -0.1) is 0 Å². The maximum atomic E-state index is 14.7. The predicted octanol–water partition coefficient (Wildman–Crippen LogP) is 4.79. The SMILES string of the molecule is CC[C@H]1OC(=O)[C@H](C)[C@@H](O[C@H]2C[C@@](C)(OC)[C@@H](OC(=O)NCCc3ccc4c(c3)OCO4)[C@H](C)O2)[C@H](C)[C@@H](O[C@@H]2O[C@H](C)C[C@H](N(C)C)[C@H]2O)[C@@](C)(O)C[C@@H](C)CN(C)C(C)[C@H]2OC(=O)O[C@@]21C. The standard InChI is InChI=1S/C49H79N3O16/c1-15-36-49(10)41(67-46(56)68-49)30(6)52(13)24-26(2)22-47(8,57)40(65-44-38(53)33(51(11)12)20-27(3)61-44)28(4)39(29(5)43(54)63-36)64-37-23-48(9,58-14)42(31(7)62-37)66-45(55)50-19-18-32-16-17-34-35(21-32)60-25-59-34/h16-17,21,26-31,33,36-42,44,53,57H,15,18-20,22-25H2,1-14H3,(H,50,55)/t26-,27-,28+,29-,30?,31+,33+,36-,37+,38-,39+,40-,41-,42+,44+,47+,48-,49-/m1/s1. The molecule has 68 heavy (non-hydrogen) atoms. The molecule has 0 spiro atoms. The summed E-state index contributed by atoms with van der Waals surface area (Å²) in [6, 6.07) is 4.94. The van der Waals surface area contributed by atoms with Crippen LogP contribution in [0.1, 0.15) is 100 Å². The molecule has 18 atom stereocenters. The average Bonchev–Trinajstić information content (AvgIpc) is 3.87. The summed E-state index contributed by atoms with van der Waals surface area (Å²) in [5.41, 5.74) is -3.14. The largest absolute Gasteiger partial charge is 0.509 e. The van der Waals surface area contributed by atoms with Gasteiger partial charge in [-0.05, 0) is 119 Å². The summed E-state index contributed by atoms with van der Waals surface area (Å²) >= 11 is 0. The lowest BCUT2D eigenvalue weighted by Crippen LogP contribution is -2.61. The highest BCUT2D eigenvalue weighted by Crippen LogP contribution is 2.42. The van der Waals surface area contributed by atoms with Crippen molar-refractivity contribution < 1.29 is 76.7 Å². The first-order valence-corrected chi connectivity index (χ1v) is 24.3. The number of esters is 1. The Hall–Kier alpha value is -3.53. The molecule has 3 N–H and O–H groups in total. The minimum atomic E-state index is -1.61. The number of carbonyl (C=O) groups is 3. The van der Waals surface area contributed by atoms with E-state index in [-0.39, 0.29) is 50.3 Å². The van der Waals surface area contributed by atoms with Gasteiger partial charge >= 0.3 is 18.2 Å². The molecule has 1 unspecified atom stereocenters. The number of ether oxygens (including phenoxy) is 11. The molecule has 0 saturated carbocycles. The molecular weight excluding hydrogens is 887 g/mol. The molecule has 19 nitrogen and oxygen atoms in total. The Bertz CT molecular complexity index is 1890. The van der Waals surface area contributed by atoms with Gasteiger partial charge in [-0.3, -0.25) is 9.69 Å². The van der Waals surface area contributed by atoms with Crippen molar-refractivity contribution in [1.82, 2.24) is 15.1 Å². The zero-order valence-corrected chi connectivity index (χ0v) is 42.6. The van der Waals surface area contributed by atoms with Gasteiger partial charge in [0.15, 0.2) is 41.9 Å². The number of alkyl carbamates (subject to hydrolysis) is 1. The van der Waals surface area contributed by atoms with Crippen LogP contribution in [0.3, 0.4) is 0 Å². The van der Waals surface area contributed by atoms with Crippen LogP contribution in [0, 0.1) is 17.8 Å². The Morgan fingerprint density at radius 3 is 2.35 bits per heavy atom. The van der Waals surface area contributed by atoms with E-state index in [9.17, 15) is 24.6 Å². The van der Waals surface area contributed by atoms with E-state index in [2.05, 4.69) is 5.32 Å². The number of aliphatic hydroxyl groups excluding tert-OH is 1. The van der Waals surface area contributed by atoms with Crippen LogP contribution in [0.2, 0.25) is 0 Å². The number of benzene rings is 1. The fourth-order valence-corrected chi connectivity index (χ4v) is 11.1. The number of aliphatic hydroxyl groups is 2. The molecule has 0 aliphatic carbocycles. The van der Waals surface area contributed by atoms with Gasteiger partial charge in [0.25, 0.3) is 0 Å². The van der Waals surface area contributed by atoms with E-state index in [1.807, 2.05) is 83.8 Å². The number of cyclic esters (lactones) is 1. The predicted molar refractivity (Wildman–Crippen MR) is 246 cm³/mol. The number of methoxy groups -OCH3 is 1. The molecular formula is C49H79N3O16. The van der Waals surface area contributed by atoms with Crippen molar-refractivity contribution >= 4 is 18.2 Å². The van der Waals surface area contributed by atoms with Crippen molar-refractivity contribution in [3.05, 3.63) is 23.8 Å². The van der Waals surface area contributed by atoms with Crippen molar-refractivity contribution in [1.29, 1.82) is 0 Å². The van der Waals surface area contributed by atoms with Crippen LogP contribution in [-0.4, -0.2) is 177 Å². The highest BCUT2D eigenvalue weighted by atomic mass is 16.8. The fraction of sp³-hybridized carbons (Fsp3) is 0.816. The summed E-state index contributed by atoms with van der Waals surface area (Å²) in [6.07, 6.45) is -8.94. The van der Waals surface area contributed by atoms with Crippen molar-refractivity contribution in [3.63, 3.8) is 0 Å². The third-order valence-corrected chi connectivity index (χ3v) is 15.0. The number of hydrogen-bond donors (Lipinski definition) is 3. The molecule has 386 valence electrons. The number of likely N-dealkylation sites (N-methyl/N-ethyl adjacent to an activating group) is 2. The molecule has 4 fully saturated rings. The quantitative estimate of drug-likeness (QED) is 0.201. The van der Waals surface area contributed by atoms with E-state index in [1.165, 1.54) is 7.11 Å². The summed E-state index contributed by atoms with van der Waals surface area (Å²) < 4.78 is 67.6. The van der Waals surface area contributed by atoms with Gasteiger partial charge in [-0.25, -0.2) is 9.59 Å². The van der Waals surface area contributed by atoms with Crippen molar-refractivity contribution in [2.45, 2.75) is 192 Å². The second-order valence-electron chi connectivity index (χ2n) is 20.8. The van der Waals surface area contributed by atoms with Crippen LogP contribution in [-0.2, 0) is 53.8 Å². The van der Waals surface area contributed by atoms with Crippen molar-refractivity contribution in [2.75, 3.05) is 48.1 Å². The lowest BCUT2D eigenvalue weighted by atomic mass is 9.77. The number of nitrogens with zero attached hydrogens (tertiary/aromatic N) is 2. The van der Waals surface area contributed by atoms with Gasteiger partial charge in [0.05, 0.1) is 35.9 Å². The first-order valence-electron chi connectivity index (χ1n) is 24.3. The highest BCUT2D eigenvalue weighted by molar-refractivity contribution is 5.73. The molecule has 1 aromatic rings. The lowest BCUT2D eigenvalue weighted by molar-refractivity contribution is -0.317. The molecule has 0 bridgehead atoms. The molecule has 0 aromatic heterocycles. The van der Waals surface area contributed by atoms with E-state index >= 15 is 0 Å². The van der Waals surface area contributed by atoms with Gasteiger partial charge in [0, 0.05) is 44.6 Å². The minimum Gasteiger partial charge on any atom is -0.458 e. The summed E-state index contributed by atoms with van der Waals surface area (Å²) in [5, 5.41) is 27.4. The topological polar surface area (TPSA) is 212 Å². The van der Waals surface area contributed by atoms with E-state index in [0.717, 1.165) is 5.56 Å². The lowest BCUT2D eigenvalue weighted by Gasteiger charge is -2.49. The second kappa shape index (κ2) is 21.9. The first kappa shape index (κ1) is 53.8. The summed E-state index contributed by atoms with van der Waals surface area (Å²) in [4.78, 5) is 44.9. The Morgan fingerprint density at radius 2 is 1.68 bits per heavy atom. The van der Waals surface area contributed by atoms with E-state index in [4.69, 9.17) is 52.1 Å². The minimum absolute atomic E-state index is 0.0637. The molecule has 19 heteroatoms. The van der Waals surface area contributed by atoms with Gasteiger partial charge < -0.3 is 72.5 Å². The second-order valence-corrected chi connectivity index (χ2v) is 20.8. The first-order chi connectivity index (χ1) is 31.9. The number of amides is 1. The third kappa shape index (κ3) is 11.8. The Balaban J connectivity index is 1.30. The van der Waals surface area contributed by atoms with E-state index in [0.29, 0.717) is 37.3 Å². The summed E-state index contributed by atoms with van der Waals surface area (Å²) in [6.45, 7) is 19.1. The highest BCUT2D eigenvalue weighted by Gasteiger charge is 2.58. The number of fused-ring (bicyclic) bond motifs is 2. The van der Waals surface area contributed by atoms with E-state index in [1.54, 1.807) is 34.6 Å². The van der Waals surface area contributed by atoms with E-state index < -0.39 is 102 Å². The van der Waals surface area contributed by atoms with Crippen LogP contribution in [0.4, 0.5) is 9.59 Å². The van der Waals surface area contributed by atoms with Crippen LogP contribution < -0.4 is 14.8 Å². The van der Waals surface area contributed by atoms with Crippen LogP contribution in [0.15, 0.2) is 18.2 Å². The molecule has 1 aromatic carbocycles. The summed E-state index contributed by atoms with van der Waals surface area (Å²) in [7, 11) is 7.20. The smallest absolute Gasteiger partial charge is 0.458 e. The zero-order valence-electron chi connectivity index (χ0n) is 42.6. The molecule has 5 aliphatic rings. The maximum absolute atomic E-state index is 14.7. The average molecular weight is 966 g/mol. The fourth-order valence-electron chi connectivity index (χ4n) is 11.1. The van der Waals surface area contributed by atoms with Crippen LogP contribution in [0.25, 0.3) is 0 Å². The van der Waals surface area contributed by atoms with Gasteiger partial charge in [0.1, 0.15) is 17.8 Å². The maximum Gasteiger partial charge on any atom is 0.509 e. The van der Waals surface area contributed by atoms with Gasteiger partial charge in [-0.2, -0.15) is 0 Å². The number of hydrogen-bond acceptors (Lipinski definition) is 18. The molecule has 4 saturated heterocycles. The number of nitrogens with one attached hydrogen (secondary N) is 1. The Labute approximate surface area is 401 Å². The van der Waals surface area contributed by atoms with Crippen molar-refractivity contribution in [3.8, 4) is 11.5 Å². The third-order valence-electron chi connectivity index (χ3n) is 15.0. The normalized spacial score (nSPS) is 41.7. The zero-order chi connectivity index (χ0) is 50.0. The molecule has 6 rings (SSSR count). The summed E-state index contributed by atoms with van der Waals surface area (Å²) in [5.74, 6) is -1.34. The molecule has 1 amide bonds. The Kier molecular flexibility index (Phi) is 17.3. The van der Waals surface area contributed by atoms with Crippen LogP contribution in [0.5, 0.6) is 11.5 Å². The molecule has 0 radical (unpaired) electrons.